The van der Waals surface area contributed by atoms with Crippen molar-refractivity contribution < 1.29 is 40.5 Å². The van der Waals surface area contributed by atoms with Gasteiger partial charge < -0.3 is 35.7 Å². The number of carboxylic acids is 1. The highest BCUT2D eigenvalue weighted by atomic mass is 16.4. The van der Waals surface area contributed by atoms with Crippen LogP contribution in [0.2, 0.25) is 0 Å². The van der Waals surface area contributed by atoms with E-state index in [-0.39, 0.29) is 0 Å². The molecular weight excluding hydrogens is 440 g/mol. The molecule has 0 aliphatic carbocycles. The number of hydrogen-bond acceptors (Lipinski definition) is 7. The summed E-state index contributed by atoms with van der Waals surface area (Å²) >= 11 is 0. The summed E-state index contributed by atoms with van der Waals surface area (Å²) < 4.78 is 0. The topological polar surface area (TPSA) is 159 Å². The Labute approximate surface area is 207 Å². The summed E-state index contributed by atoms with van der Waals surface area (Å²) in [5.74, 6) is -0.664. The maximum absolute atomic E-state index is 10.3. The summed E-state index contributed by atoms with van der Waals surface area (Å²) in [4.78, 5) is 10.3. The lowest BCUT2D eigenvalue weighted by Crippen LogP contribution is -2.46. The summed E-state index contributed by atoms with van der Waals surface area (Å²) in [5, 5.41) is 60.7. The van der Waals surface area contributed by atoms with Crippen molar-refractivity contribution in [1.29, 1.82) is 0 Å². The Morgan fingerprint density at radius 2 is 1.00 bits per heavy atom. The van der Waals surface area contributed by atoms with Crippen molar-refractivity contribution in [2.75, 3.05) is 13.2 Å². The van der Waals surface area contributed by atoms with E-state index < -0.39 is 43.6 Å². The van der Waals surface area contributed by atoms with Gasteiger partial charge in [-0.25, -0.2) is 0 Å². The van der Waals surface area contributed by atoms with Gasteiger partial charge >= 0.3 is 5.97 Å². The number of aliphatic hydroxyl groups excluding tert-OH is 6. The molecule has 0 heterocycles. The van der Waals surface area contributed by atoms with E-state index in [4.69, 9.17) is 35.7 Å². The number of unbranched alkanes of at least 4 members (excludes halogenated alkanes) is 11. The molecule has 0 fully saturated rings. The van der Waals surface area contributed by atoms with E-state index in [2.05, 4.69) is 19.1 Å². The molecule has 0 bridgehead atoms. The van der Waals surface area contributed by atoms with Gasteiger partial charge in [-0.1, -0.05) is 84.3 Å². The molecule has 0 spiro atoms. The Morgan fingerprint density at radius 1 is 0.647 bits per heavy atom. The SMILES string of the molecule is CC.CCCCCCCC/C=C\CCCCCCCC(=O)O.OCC(O)C(O)C(O)C(O)CO. The molecule has 0 aromatic carbocycles. The van der Waals surface area contributed by atoms with Gasteiger partial charge in [0.2, 0.25) is 0 Å². The second kappa shape index (κ2) is 30.0. The van der Waals surface area contributed by atoms with Crippen LogP contribution in [0.15, 0.2) is 12.2 Å². The molecule has 0 rings (SSSR count). The lowest BCUT2D eigenvalue weighted by molar-refractivity contribution is -0.137. The van der Waals surface area contributed by atoms with Crippen molar-refractivity contribution in [2.24, 2.45) is 0 Å². The third-order valence-electron chi connectivity index (χ3n) is 5.16. The first-order chi connectivity index (χ1) is 16.3. The molecule has 0 amide bonds. The van der Waals surface area contributed by atoms with E-state index in [0.29, 0.717) is 6.42 Å². The molecule has 0 saturated carbocycles. The number of aliphatic hydroxyl groups is 6. The molecule has 0 aromatic rings. The maximum atomic E-state index is 10.3. The fourth-order valence-electron chi connectivity index (χ4n) is 3.02. The minimum atomic E-state index is -1.67. The van der Waals surface area contributed by atoms with Crippen LogP contribution >= 0.6 is 0 Å². The highest BCUT2D eigenvalue weighted by Crippen LogP contribution is 2.10. The molecule has 0 aliphatic rings. The van der Waals surface area contributed by atoms with E-state index in [0.717, 1.165) is 12.8 Å². The number of allylic oxidation sites excluding steroid dienone is 2. The van der Waals surface area contributed by atoms with E-state index in [9.17, 15) is 4.79 Å². The van der Waals surface area contributed by atoms with Crippen LogP contribution < -0.4 is 0 Å². The van der Waals surface area contributed by atoms with Gasteiger partial charge in [0, 0.05) is 6.42 Å². The van der Waals surface area contributed by atoms with Crippen molar-refractivity contribution in [3.05, 3.63) is 12.2 Å². The molecular formula is C26H54O8. The molecule has 4 unspecified atom stereocenters. The van der Waals surface area contributed by atoms with Gasteiger partial charge in [-0.05, 0) is 32.1 Å². The Kier molecular flexibility index (Phi) is 33.1. The van der Waals surface area contributed by atoms with Gasteiger partial charge in [0.1, 0.15) is 24.4 Å². The Bertz CT molecular complexity index is 417. The summed E-state index contributed by atoms with van der Waals surface area (Å²) in [6.07, 6.45) is 14.8. The average Bonchev–Trinajstić information content (AvgIpc) is 2.85. The molecule has 0 radical (unpaired) electrons. The van der Waals surface area contributed by atoms with Gasteiger partial charge in [0.25, 0.3) is 0 Å². The van der Waals surface area contributed by atoms with Crippen LogP contribution in [0.5, 0.6) is 0 Å². The van der Waals surface area contributed by atoms with Gasteiger partial charge in [-0.15, -0.1) is 0 Å². The largest absolute Gasteiger partial charge is 0.481 e. The smallest absolute Gasteiger partial charge is 0.303 e. The normalized spacial score (nSPS) is 14.4. The van der Waals surface area contributed by atoms with E-state index >= 15 is 0 Å². The Balaban J connectivity index is -0.000000585. The summed E-state index contributed by atoms with van der Waals surface area (Å²) in [7, 11) is 0. The third-order valence-corrected chi connectivity index (χ3v) is 5.16. The van der Waals surface area contributed by atoms with Gasteiger partial charge in [-0.3, -0.25) is 4.79 Å². The van der Waals surface area contributed by atoms with Crippen LogP contribution in [0, 0.1) is 0 Å². The fourth-order valence-corrected chi connectivity index (χ4v) is 3.02. The molecule has 8 heteroatoms. The van der Waals surface area contributed by atoms with Crippen LogP contribution in [0.3, 0.4) is 0 Å². The highest BCUT2D eigenvalue weighted by Gasteiger charge is 2.29. The number of aliphatic carboxylic acids is 1. The number of rotatable bonds is 20. The Morgan fingerprint density at radius 3 is 1.35 bits per heavy atom. The van der Waals surface area contributed by atoms with Crippen molar-refractivity contribution in [3.8, 4) is 0 Å². The second-order valence-corrected chi connectivity index (χ2v) is 8.21. The number of hydrogen-bond donors (Lipinski definition) is 7. The quantitative estimate of drug-likeness (QED) is 0.0999. The van der Waals surface area contributed by atoms with Crippen LogP contribution in [-0.4, -0.2) is 79.3 Å². The zero-order chi connectivity index (χ0) is 26.6. The first-order valence-electron chi connectivity index (χ1n) is 13.1. The van der Waals surface area contributed by atoms with Crippen LogP contribution in [0.1, 0.15) is 111 Å². The Hall–Kier alpha value is -1.03. The molecule has 0 saturated heterocycles. The minimum absolute atomic E-state index is 0.332. The van der Waals surface area contributed by atoms with Crippen LogP contribution in [0.25, 0.3) is 0 Å². The van der Waals surface area contributed by atoms with E-state index in [1.807, 2.05) is 13.8 Å². The van der Waals surface area contributed by atoms with E-state index in [1.54, 1.807) is 0 Å². The second-order valence-electron chi connectivity index (χ2n) is 8.21. The predicted molar refractivity (Wildman–Crippen MR) is 137 cm³/mol. The highest BCUT2D eigenvalue weighted by molar-refractivity contribution is 5.66. The zero-order valence-electron chi connectivity index (χ0n) is 21.8. The number of carboxylic acid groups (broad SMARTS) is 1. The van der Waals surface area contributed by atoms with E-state index in [1.165, 1.54) is 70.6 Å². The minimum Gasteiger partial charge on any atom is -0.481 e. The average molecular weight is 495 g/mol. The standard InChI is InChI=1S/C18H34O2.C6H14O6.C2H6/c1-2-3-4-5-6-7-8-9-10-11-12-13-14-15-16-17-18(19)20;7-1-3(9)5(11)6(12)4(10)2-8;1-2/h9-10H,2-8,11-17H2,1H3,(H,19,20);3-12H,1-2H2;1-2H3/b10-9-;;. The zero-order valence-corrected chi connectivity index (χ0v) is 21.8. The summed E-state index contributed by atoms with van der Waals surface area (Å²) in [6.45, 7) is 4.81. The van der Waals surface area contributed by atoms with Crippen LogP contribution in [0.4, 0.5) is 0 Å². The number of carbonyl (C=O) groups is 1. The van der Waals surface area contributed by atoms with Crippen molar-refractivity contribution in [1.82, 2.24) is 0 Å². The van der Waals surface area contributed by atoms with Crippen LogP contribution in [-0.2, 0) is 4.79 Å². The summed E-state index contributed by atoms with van der Waals surface area (Å²) in [5.41, 5.74) is 0. The van der Waals surface area contributed by atoms with Crippen molar-refractivity contribution in [3.63, 3.8) is 0 Å². The monoisotopic (exact) mass is 494 g/mol. The molecule has 0 aliphatic heterocycles. The third kappa shape index (κ3) is 27.2. The molecule has 34 heavy (non-hydrogen) atoms. The van der Waals surface area contributed by atoms with Gasteiger partial charge in [0.05, 0.1) is 13.2 Å². The predicted octanol–water partition coefficient (Wildman–Crippen LogP) is 3.55. The lowest BCUT2D eigenvalue weighted by Gasteiger charge is -2.24. The summed E-state index contributed by atoms with van der Waals surface area (Å²) in [6, 6.07) is 0. The first kappa shape index (κ1) is 37.5. The lowest BCUT2D eigenvalue weighted by atomic mass is 10.0. The molecule has 7 N–H and O–H groups in total. The van der Waals surface area contributed by atoms with Crippen molar-refractivity contribution >= 4 is 5.97 Å². The first-order valence-corrected chi connectivity index (χ1v) is 13.1. The maximum Gasteiger partial charge on any atom is 0.303 e. The van der Waals surface area contributed by atoms with Gasteiger partial charge in [-0.2, -0.15) is 0 Å². The molecule has 8 nitrogen and oxygen atoms in total. The van der Waals surface area contributed by atoms with Gasteiger partial charge in [0.15, 0.2) is 0 Å². The molecule has 4 atom stereocenters. The van der Waals surface area contributed by atoms with Crippen molar-refractivity contribution in [2.45, 2.75) is 135 Å². The molecule has 0 aromatic heterocycles. The fraction of sp³-hybridized carbons (Fsp3) is 0.885. The molecule has 206 valence electrons.